The molecule has 0 heterocycles. The molecule has 1 atom stereocenters. The van der Waals surface area contributed by atoms with E-state index in [1.807, 2.05) is 6.08 Å². The van der Waals surface area contributed by atoms with Crippen LogP contribution >= 0.6 is 0 Å². The monoisotopic (exact) mass is 326 g/mol. The highest BCUT2D eigenvalue weighted by Gasteiger charge is 2.32. The molecule has 0 rings (SSSR count). The number of aliphatic carboxylic acids is 2. The van der Waals surface area contributed by atoms with E-state index in [4.69, 9.17) is 10.2 Å². The van der Waals surface area contributed by atoms with E-state index in [-0.39, 0.29) is 6.42 Å². The Bertz CT molecular complexity index is 362. The van der Waals surface area contributed by atoms with Gasteiger partial charge in [0.1, 0.15) is 0 Å². The molecule has 4 nitrogen and oxygen atoms in total. The van der Waals surface area contributed by atoms with Crippen molar-refractivity contribution in [3.8, 4) is 0 Å². The zero-order valence-electron chi connectivity index (χ0n) is 14.9. The molecular formula is C19H34O4. The first-order valence-corrected chi connectivity index (χ1v) is 9.05. The Morgan fingerprint density at radius 2 is 1.35 bits per heavy atom. The van der Waals surface area contributed by atoms with Gasteiger partial charge in [-0.25, -0.2) is 0 Å². The molecule has 0 spiro atoms. The van der Waals surface area contributed by atoms with E-state index < -0.39 is 17.4 Å². The van der Waals surface area contributed by atoms with Crippen LogP contribution in [-0.4, -0.2) is 22.2 Å². The van der Waals surface area contributed by atoms with Crippen molar-refractivity contribution in [2.45, 2.75) is 90.9 Å². The van der Waals surface area contributed by atoms with Crippen molar-refractivity contribution in [2.24, 2.45) is 5.41 Å². The lowest BCUT2D eigenvalue weighted by atomic mass is 9.86. The molecule has 0 aromatic carbocycles. The topological polar surface area (TPSA) is 74.6 Å². The maximum atomic E-state index is 11.2. The summed E-state index contributed by atoms with van der Waals surface area (Å²) in [5, 5.41) is 17.9. The lowest BCUT2D eigenvalue weighted by molar-refractivity contribution is -0.151. The highest BCUT2D eigenvalue weighted by Crippen LogP contribution is 2.24. The average molecular weight is 326 g/mol. The Morgan fingerprint density at radius 3 is 1.78 bits per heavy atom. The third-order valence-electron chi connectivity index (χ3n) is 4.22. The van der Waals surface area contributed by atoms with Gasteiger partial charge < -0.3 is 10.2 Å². The van der Waals surface area contributed by atoms with Crippen LogP contribution in [0, 0.1) is 5.41 Å². The van der Waals surface area contributed by atoms with Gasteiger partial charge in [0.15, 0.2) is 0 Å². The van der Waals surface area contributed by atoms with Crippen molar-refractivity contribution < 1.29 is 19.8 Å². The van der Waals surface area contributed by atoms with Gasteiger partial charge in [-0.15, -0.1) is 0 Å². The lowest BCUT2D eigenvalue weighted by Crippen LogP contribution is -2.28. The van der Waals surface area contributed by atoms with Crippen LogP contribution in [0.25, 0.3) is 0 Å². The van der Waals surface area contributed by atoms with Crippen LogP contribution in [0.1, 0.15) is 90.9 Å². The average Bonchev–Trinajstić information content (AvgIpc) is 2.47. The van der Waals surface area contributed by atoms with Crippen LogP contribution in [0.15, 0.2) is 12.2 Å². The molecule has 0 saturated carbocycles. The number of carboxylic acids is 2. The Balaban J connectivity index is 3.69. The highest BCUT2D eigenvalue weighted by molar-refractivity contribution is 5.82. The van der Waals surface area contributed by atoms with E-state index in [2.05, 4.69) is 6.92 Å². The second kappa shape index (κ2) is 13.1. The predicted octanol–water partition coefficient (Wildman–Crippen LogP) is 5.42. The van der Waals surface area contributed by atoms with Crippen molar-refractivity contribution in [1.29, 1.82) is 0 Å². The fourth-order valence-electron chi connectivity index (χ4n) is 2.61. The molecule has 0 bridgehead atoms. The summed E-state index contributed by atoms with van der Waals surface area (Å²) in [7, 11) is 0. The van der Waals surface area contributed by atoms with E-state index in [1.165, 1.54) is 64.4 Å². The van der Waals surface area contributed by atoms with Crippen LogP contribution in [0.2, 0.25) is 0 Å². The molecule has 1 unspecified atom stereocenters. The first-order valence-electron chi connectivity index (χ1n) is 9.05. The van der Waals surface area contributed by atoms with Crippen LogP contribution in [0.4, 0.5) is 0 Å². The minimum Gasteiger partial charge on any atom is -0.481 e. The Morgan fingerprint density at radius 1 is 0.870 bits per heavy atom. The van der Waals surface area contributed by atoms with Crippen LogP contribution < -0.4 is 0 Å². The van der Waals surface area contributed by atoms with E-state index in [0.717, 1.165) is 19.3 Å². The second-order valence-electron chi connectivity index (χ2n) is 6.67. The molecule has 0 amide bonds. The molecule has 0 aliphatic rings. The number of carbonyl (C=O) groups is 2. The van der Waals surface area contributed by atoms with E-state index >= 15 is 0 Å². The first-order chi connectivity index (χ1) is 10.9. The van der Waals surface area contributed by atoms with Gasteiger partial charge in [0.05, 0.1) is 11.8 Å². The number of hydrogen-bond donors (Lipinski definition) is 2. The number of allylic oxidation sites excluding steroid dienone is 1. The SMILES string of the molecule is CCCCCCCCCCCC/C=C/C(C)(CC(=O)O)C(=O)O. The largest absolute Gasteiger partial charge is 0.481 e. The molecule has 134 valence electrons. The summed E-state index contributed by atoms with van der Waals surface area (Å²) in [6.45, 7) is 3.69. The fourth-order valence-corrected chi connectivity index (χ4v) is 2.61. The van der Waals surface area contributed by atoms with Crippen molar-refractivity contribution in [1.82, 2.24) is 0 Å². The van der Waals surface area contributed by atoms with Crippen LogP contribution in [0.3, 0.4) is 0 Å². The Labute approximate surface area is 141 Å². The maximum Gasteiger partial charge on any atom is 0.313 e. The molecular weight excluding hydrogens is 292 g/mol. The van der Waals surface area contributed by atoms with Crippen LogP contribution in [-0.2, 0) is 9.59 Å². The van der Waals surface area contributed by atoms with Gasteiger partial charge in [-0.2, -0.15) is 0 Å². The summed E-state index contributed by atoms with van der Waals surface area (Å²) in [6.07, 6.45) is 16.5. The van der Waals surface area contributed by atoms with Gasteiger partial charge in [-0.3, -0.25) is 9.59 Å². The molecule has 0 radical (unpaired) electrons. The minimum absolute atomic E-state index is 0.378. The minimum atomic E-state index is -1.30. The third kappa shape index (κ3) is 11.8. The number of unbranched alkanes of at least 4 members (excludes halogenated alkanes) is 10. The molecule has 0 aliphatic carbocycles. The third-order valence-corrected chi connectivity index (χ3v) is 4.22. The molecule has 23 heavy (non-hydrogen) atoms. The summed E-state index contributed by atoms with van der Waals surface area (Å²) in [5.41, 5.74) is -1.30. The van der Waals surface area contributed by atoms with Crippen molar-refractivity contribution >= 4 is 11.9 Å². The summed E-state index contributed by atoms with van der Waals surface area (Å²) in [6, 6.07) is 0. The van der Waals surface area contributed by atoms with Crippen molar-refractivity contribution in [3.63, 3.8) is 0 Å². The molecule has 0 fully saturated rings. The fraction of sp³-hybridized carbons (Fsp3) is 0.789. The van der Waals surface area contributed by atoms with Gasteiger partial charge in [0, 0.05) is 0 Å². The maximum absolute atomic E-state index is 11.2. The smallest absolute Gasteiger partial charge is 0.313 e. The van der Waals surface area contributed by atoms with Gasteiger partial charge in [0.25, 0.3) is 0 Å². The molecule has 2 N–H and O–H groups in total. The standard InChI is InChI=1S/C19H34O4/c1-3-4-5-6-7-8-9-10-11-12-13-14-15-19(2,18(22)23)16-17(20)21/h14-15H,3-13,16H2,1-2H3,(H,20,21)(H,22,23)/b15-14+. The highest BCUT2D eigenvalue weighted by atomic mass is 16.4. The predicted molar refractivity (Wildman–Crippen MR) is 93.6 cm³/mol. The summed E-state index contributed by atoms with van der Waals surface area (Å²) in [4.78, 5) is 21.9. The van der Waals surface area contributed by atoms with Crippen LogP contribution in [0.5, 0.6) is 0 Å². The summed E-state index contributed by atoms with van der Waals surface area (Å²) >= 11 is 0. The normalized spacial score (nSPS) is 14.0. The Kier molecular flexibility index (Phi) is 12.4. The molecule has 0 aromatic rings. The van der Waals surface area contributed by atoms with Crippen molar-refractivity contribution in [3.05, 3.63) is 12.2 Å². The van der Waals surface area contributed by atoms with Gasteiger partial charge >= 0.3 is 11.9 Å². The van der Waals surface area contributed by atoms with Gasteiger partial charge in [-0.05, 0) is 19.8 Å². The van der Waals surface area contributed by atoms with Gasteiger partial charge in [-0.1, -0.05) is 76.9 Å². The lowest BCUT2D eigenvalue weighted by Gasteiger charge is -2.17. The number of carboxylic acid groups (broad SMARTS) is 2. The summed E-state index contributed by atoms with van der Waals surface area (Å²) < 4.78 is 0. The molecule has 0 aromatic heterocycles. The molecule has 0 saturated heterocycles. The number of rotatable bonds is 15. The molecule has 4 heteroatoms. The molecule has 0 aliphatic heterocycles. The van der Waals surface area contributed by atoms with E-state index in [9.17, 15) is 9.59 Å². The quantitative estimate of drug-likeness (QED) is 0.311. The van der Waals surface area contributed by atoms with E-state index in [0.29, 0.717) is 0 Å². The number of hydrogen-bond acceptors (Lipinski definition) is 2. The van der Waals surface area contributed by atoms with E-state index in [1.54, 1.807) is 0 Å². The zero-order chi connectivity index (χ0) is 17.6. The second-order valence-corrected chi connectivity index (χ2v) is 6.67. The zero-order valence-corrected chi connectivity index (χ0v) is 14.9. The summed E-state index contributed by atoms with van der Waals surface area (Å²) in [5.74, 6) is -2.17. The first kappa shape index (κ1) is 21.7. The van der Waals surface area contributed by atoms with Gasteiger partial charge in [0.2, 0.25) is 0 Å². The van der Waals surface area contributed by atoms with Crippen molar-refractivity contribution in [2.75, 3.05) is 0 Å². The Hall–Kier alpha value is -1.32.